The molecular weight excluding hydrogens is 1450 g/mol. The van der Waals surface area contributed by atoms with Crippen molar-refractivity contribution in [3.8, 4) is 6.01 Å². The van der Waals surface area contributed by atoms with E-state index in [4.69, 9.17) is 43.9 Å². The molecule has 2 aromatic heterocycles. The van der Waals surface area contributed by atoms with Crippen LogP contribution >= 0.6 is 11.8 Å². The molecule has 30 heteroatoms. The summed E-state index contributed by atoms with van der Waals surface area (Å²) in [5, 5.41) is 41.1. The molecule has 0 bridgehead atoms. The van der Waals surface area contributed by atoms with E-state index in [0.29, 0.717) is 101 Å². The van der Waals surface area contributed by atoms with Crippen molar-refractivity contribution >= 4 is 87.8 Å². The molecule has 0 aliphatic heterocycles. The molecular formula is C82H147N17O12S. The lowest BCUT2D eigenvalue weighted by molar-refractivity contribution is -0.157. The Bertz CT molecular complexity index is 3060. The first kappa shape index (κ1) is 99.2. The van der Waals surface area contributed by atoms with Crippen LogP contribution in [0.15, 0.2) is 24.3 Å². The van der Waals surface area contributed by atoms with E-state index in [1.165, 1.54) is 138 Å². The number of nitrogens with one attached hydrogen (secondary N) is 7. The number of hydrogen-bond acceptors (Lipinski definition) is 23. The number of carbonyl (C=O) groups is 8. The number of amides is 6. The number of aliphatic hydroxyl groups excluding tert-OH is 1. The zero-order valence-corrected chi connectivity index (χ0v) is 69.3. The SMILES string of the molecule is CCCCCCCCCCCCCCCCC(=O)OCC(CSC[C@H](N)C(=O)N[C@@H](CO)C(=O)N[C@@H](CCCCN)C(=O)N[C@@H](CCCCN)C(=O)N[C@@H](CCCCN)C(=O)N[C@@H](CCCCN)C(=O)Nc1ccc(Cn2c(O)nc3c(N)nc(NCCCC)nc32)cc1)OC(=O)CCCCCCCCCCCCCCC. The number of nitrogen functional groups attached to an aromatic ring is 1. The normalized spacial score (nSPS) is 13.3. The van der Waals surface area contributed by atoms with E-state index in [9.17, 15) is 48.6 Å². The van der Waals surface area contributed by atoms with Gasteiger partial charge in [0, 0.05) is 36.6 Å². The first-order valence-corrected chi connectivity index (χ1v) is 44.0. The molecule has 21 N–H and O–H groups in total. The van der Waals surface area contributed by atoms with Gasteiger partial charge < -0.3 is 91.3 Å². The Balaban J connectivity index is 1.68. The number of hydrogen-bond donors (Lipinski definition) is 15. The van der Waals surface area contributed by atoms with Gasteiger partial charge in [-0.25, -0.2) is 0 Å². The number of esters is 2. The summed E-state index contributed by atoms with van der Waals surface area (Å²) in [6.07, 6.45) is 37.5. The minimum absolute atomic E-state index is 0.00637. The quantitative estimate of drug-likeness (QED) is 0.0184. The van der Waals surface area contributed by atoms with Crippen molar-refractivity contribution in [3.63, 3.8) is 0 Å². The Kier molecular flexibility index (Phi) is 56.1. The van der Waals surface area contributed by atoms with Crippen molar-refractivity contribution in [2.45, 2.75) is 346 Å². The molecule has 1 aromatic carbocycles. The monoisotopic (exact) mass is 1590 g/mol. The van der Waals surface area contributed by atoms with Crippen molar-refractivity contribution in [3.05, 3.63) is 29.8 Å². The van der Waals surface area contributed by atoms with E-state index in [-0.39, 0.29) is 99.6 Å². The summed E-state index contributed by atoms with van der Waals surface area (Å²) in [5.74, 6) is -4.59. The fraction of sp³-hybridized carbons (Fsp3) is 0.768. The molecule has 0 saturated heterocycles. The molecule has 0 aliphatic rings. The van der Waals surface area contributed by atoms with Crippen molar-refractivity contribution in [2.75, 3.05) is 73.8 Å². The highest BCUT2D eigenvalue weighted by Gasteiger charge is 2.34. The third-order valence-electron chi connectivity index (χ3n) is 20.0. The third kappa shape index (κ3) is 44.1. The number of ether oxygens (including phenoxy) is 2. The Labute approximate surface area is 672 Å². The van der Waals surface area contributed by atoms with Gasteiger partial charge in [-0.15, -0.1) is 0 Å². The first-order chi connectivity index (χ1) is 54.4. The van der Waals surface area contributed by atoms with Crippen LogP contribution in [0.1, 0.15) is 302 Å². The van der Waals surface area contributed by atoms with Gasteiger partial charge in [0.25, 0.3) is 6.01 Å². The summed E-state index contributed by atoms with van der Waals surface area (Å²) in [4.78, 5) is 125. The fourth-order valence-corrected chi connectivity index (χ4v) is 14.1. The molecule has 6 amide bonds. The summed E-state index contributed by atoms with van der Waals surface area (Å²) in [6, 6.07) is -1.05. The van der Waals surface area contributed by atoms with Crippen LogP contribution in [0.5, 0.6) is 6.01 Å². The number of nitrogens with zero attached hydrogens (tertiary/aromatic N) is 4. The summed E-state index contributed by atoms with van der Waals surface area (Å²) in [6.45, 7) is 7.48. The van der Waals surface area contributed by atoms with Gasteiger partial charge in [-0.05, 0) is 140 Å². The van der Waals surface area contributed by atoms with Crippen molar-refractivity contribution < 1.29 is 58.0 Å². The predicted octanol–water partition coefficient (Wildman–Crippen LogP) is 10.1. The maximum absolute atomic E-state index is 14.5. The van der Waals surface area contributed by atoms with Crippen LogP contribution in [-0.2, 0) is 54.4 Å². The first-order valence-electron chi connectivity index (χ1n) is 42.8. The number of fused-ring (bicyclic) bond motifs is 1. The Morgan fingerprint density at radius 1 is 0.464 bits per heavy atom. The number of nitrogens with two attached hydrogens (primary N) is 6. The summed E-state index contributed by atoms with van der Waals surface area (Å²) < 4.78 is 13.1. The molecule has 0 saturated carbocycles. The molecule has 29 nitrogen and oxygen atoms in total. The molecule has 3 rings (SSSR count). The molecule has 0 radical (unpaired) electrons. The highest BCUT2D eigenvalue weighted by atomic mass is 32.2. The smallest absolute Gasteiger partial charge is 0.306 e. The molecule has 2 heterocycles. The highest BCUT2D eigenvalue weighted by Crippen LogP contribution is 2.27. The van der Waals surface area contributed by atoms with Crippen molar-refractivity contribution in [1.82, 2.24) is 46.1 Å². The van der Waals surface area contributed by atoms with Crippen LogP contribution in [0, 0.1) is 0 Å². The number of benzene rings is 1. The van der Waals surface area contributed by atoms with Crippen LogP contribution in [0.3, 0.4) is 0 Å². The van der Waals surface area contributed by atoms with E-state index < -0.39 is 90.4 Å². The van der Waals surface area contributed by atoms with Gasteiger partial charge in [-0.3, -0.25) is 42.9 Å². The van der Waals surface area contributed by atoms with Gasteiger partial charge >= 0.3 is 11.9 Å². The van der Waals surface area contributed by atoms with E-state index in [1.807, 2.05) is 0 Å². The van der Waals surface area contributed by atoms with Crippen LogP contribution in [-0.4, -0.2) is 177 Å². The summed E-state index contributed by atoms with van der Waals surface area (Å²) in [7, 11) is 0. The number of aliphatic hydroxyl groups is 1. The Morgan fingerprint density at radius 2 is 0.857 bits per heavy atom. The number of anilines is 3. The predicted molar refractivity (Wildman–Crippen MR) is 449 cm³/mol. The number of imidazole rings is 1. The van der Waals surface area contributed by atoms with Crippen LogP contribution in [0.2, 0.25) is 0 Å². The van der Waals surface area contributed by atoms with Gasteiger partial charge in [-0.1, -0.05) is 200 Å². The Hall–Kier alpha value is -6.96. The van der Waals surface area contributed by atoms with E-state index in [2.05, 4.69) is 72.9 Å². The summed E-state index contributed by atoms with van der Waals surface area (Å²) in [5.41, 5.74) is 37.8. The molecule has 638 valence electrons. The lowest BCUT2D eigenvalue weighted by atomic mass is 10.0. The number of aromatic hydroxyl groups is 1. The van der Waals surface area contributed by atoms with Gasteiger partial charge in [0.2, 0.25) is 41.4 Å². The van der Waals surface area contributed by atoms with Crippen LogP contribution < -0.4 is 71.6 Å². The van der Waals surface area contributed by atoms with Gasteiger partial charge in [0.1, 0.15) is 42.9 Å². The van der Waals surface area contributed by atoms with Gasteiger partial charge in [-0.2, -0.15) is 26.7 Å². The second-order valence-electron chi connectivity index (χ2n) is 30.0. The van der Waals surface area contributed by atoms with E-state index in [1.54, 1.807) is 24.3 Å². The molecule has 0 spiro atoms. The average Bonchev–Trinajstić information content (AvgIpc) is 1.63. The zero-order valence-electron chi connectivity index (χ0n) is 68.5. The highest BCUT2D eigenvalue weighted by molar-refractivity contribution is 7.99. The average molecular weight is 1600 g/mol. The van der Waals surface area contributed by atoms with Crippen LogP contribution in [0.25, 0.3) is 11.2 Å². The lowest BCUT2D eigenvalue weighted by Crippen LogP contribution is -2.60. The minimum Gasteiger partial charge on any atom is -0.480 e. The zero-order chi connectivity index (χ0) is 81.8. The number of thioether (sulfide) groups is 1. The number of carbonyl (C=O) groups excluding carboxylic acids is 8. The van der Waals surface area contributed by atoms with Gasteiger partial charge in [0.15, 0.2) is 17.0 Å². The third-order valence-corrected chi connectivity index (χ3v) is 21.2. The molecule has 1 unspecified atom stereocenters. The number of aromatic nitrogens is 4. The molecule has 3 aromatic rings. The fourth-order valence-electron chi connectivity index (χ4n) is 13.1. The molecule has 0 aliphatic carbocycles. The van der Waals surface area contributed by atoms with E-state index >= 15 is 0 Å². The topological polar surface area (TPSA) is 479 Å². The largest absolute Gasteiger partial charge is 0.480 e. The molecule has 0 fully saturated rings. The molecule has 112 heavy (non-hydrogen) atoms. The maximum Gasteiger partial charge on any atom is 0.306 e. The lowest BCUT2D eigenvalue weighted by Gasteiger charge is -2.27. The standard InChI is InChI=1S/C82H147N17O12S/c1-4-7-10-12-14-16-18-20-22-23-25-27-29-31-45-70(101)110-58-63(111-71(102)46-32-30-28-26-24-21-19-17-15-13-11-8-5-2)59-112-60-64(87)75(103)95-69(57-100)80(108)94-68(44-36-40-54-86)79(107)93-67(43-35-39-53-85)78(106)92-66(42-34-38-52-84)77(105)91-65(41-33-37-51-83)76(104)90-62-49-47-61(48-50-62)56-99-74-72(96-82(99)109)73(88)97-81(98-74)89-55-9-6-3/h47-50,63-69,100H,4-46,51-60,83-87H2,1-3H3,(H,90,104)(H,91,105)(H,92,106)(H,93,107)(H,94,108)(H,95,103)(H,96,109)(H3,88,89,97,98)/t63?,64-,65-,66-,67-,68-,69-/m0/s1. The molecule has 7 atom stereocenters. The summed E-state index contributed by atoms with van der Waals surface area (Å²) >= 11 is 1.20. The van der Waals surface area contributed by atoms with Crippen molar-refractivity contribution in [2.24, 2.45) is 28.7 Å². The maximum atomic E-state index is 14.5. The van der Waals surface area contributed by atoms with E-state index in [0.717, 1.165) is 56.9 Å². The number of unbranched alkanes of at least 4 members (excludes halogenated alkanes) is 30. The Morgan fingerprint density at radius 3 is 1.28 bits per heavy atom. The van der Waals surface area contributed by atoms with Crippen LogP contribution in [0.4, 0.5) is 17.5 Å². The van der Waals surface area contributed by atoms with Crippen molar-refractivity contribution in [1.29, 1.82) is 0 Å². The minimum atomic E-state index is -1.57. The van der Waals surface area contributed by atoms with Gasteiger partial charge in [0.05, 0.1) is 19.2 Å². The second-order valence-corrected chi connectivity index (χ2v) is 31.0. The second kappa shape index (κ2) is 63.4. The number of rotatable bonds is 71.